The summed E-state index contributed by atoms with van der Waals surface area (Å²) in [5, 5.41) is 12.2. The Bertz CT molecular complexity index is 838. The van der Waals surface area contributed by atoms with Gasteiger partial charge in [0.05, 0.1) is 11.9 Å². The smallest absolute Gasteiger partial charge is 0.304 e. The third-order valence-corrected chi connectivity index (χ3v) is 5.38. The van der Waals surface area contributed by atoms with E-state index in [9.17, 15) is 14.3 Å². The predicted molar refractivity (Wildman–Crippen MR) is 96.9 cm³/mol. The molecule has 126 valence electrons. The van der Waals surface area contributed by atoms with Gasteiger partial charge in [-0.2, -0.15) is 0 Å². The van der Waals surface area contributed by atoms with Gasteiger partial charge in [-0.1, -0.05) is 37.4 Å². The maximum atomic E-state index is 14.0. The van der Waals surface area contributed by atoms with Crippen LogP contribution in [0.4, 0.5) is 4.39 Å². The molecule has 3 nitrogen and oxygen atoms in total. The molecule has 1 aliphatic heterocycles. The van der Waals surface area contributed by atoms with E-state index in [0.29, 0.717) is 0 Å². The lowest BCUT2D eigenvalue weighted by Gasteiger charge is -2.09. The number of carboxylic acids is 1. The summed E-state index contributed by atoms with van der Waals surface area (Å²) in [5.74, 6) is -1.12. The van der Waals surface area contributed by atoms with Crippen molar-refractivity contribution in [2.45, 2.75) is 43.5 Å². The maximum Gasteiger partial charge on any atom is 0.304 e. The van der Waals surface area contributed by atoms with Crippen LogP contribution in [0.2, 0.25) is 0 Å². The minimum absolute atomic E-state index is 0.0341. The van der Waals surface area contributed by atoms with Crippen molar-refractivity contribution in [3.63, 3.8) is 0 Å². The lowest BCUT2D eigenvalue weighted by molar-refractivity contribution is -0.137. The van der Waals surface area contributed by atoms with Gasteiger partial charge in [0.15, 0.2) is 0 Å². The molecule has 0 fully saturated rings. The first-order valence-electron chi connectivity index (χ1n) is 8.08. The number of carboxylic acid groups (broad SMARTS) is 1. The van der Waals surface area contributed by atoms with Gasteiger partial charge >= 0.3 is 5.97 Å². The van der Waals surface area contributed by atoms with Gasteiger partial charge in [-0.3, -0.25) is 4.79 Å². The van der Waals surface area contributed by atoms with Crippen LogP contribution in [0.3, 0.4) is 0 Å². The molecule has 0 saturated carbocycles. The predicted octanol–water partition coefficient (Wildman–Crippen LogP) is 5.40. The van der Waals surface area contributed by atoms with Gasteiger partial charge in [0.25, 0.3) is 0 Å². The molecule has 0 amide bonds. The van der Waals surface area contributed by atoms with Gasteiger partial charge in [-0.15, -0.1) is 0 Å². The number of rotatable bonds is 6. The van der Waals surface area contributed by atoms with Crippen molar-refractivity contribution < 1.29 is 14.3 Å². The van der Waals surface area contributed by atoms with Crippen LogP contribution >= 0.6 is 11.8 Å². The first-order valence-corrected chi connectivity index (χ1v) is 8.96. The number of aromatic nitrogens is 1. The zero-order valence-corrected chi connectivity index (χ0v) is 14.4. The van der Waals surface area contributed by atoms with E-state index in [4.69, 9.17) is 0 Å². The van der Waals surface area contributed by atoms with Gasteiger partial charge < -0.3 is 9.67 Å². The van der Waals surface area contributed by atoms with Crippen molar-refractivity contribution in [1.29, 1.82) is 0 Å². The quantitative estimate of drug-likeness (QED) is 0.713. The third-order valence-electron chi connectivity index (χ3n) is 4.40. The maximum absolute atomic E-state index is 14.0. The number of hydrogen-bond donors (Lipinski definition) is 1. The highest BCUT2D eigenvalue weighted by atomic mass is 32.2. The van der Waals surface area contributed by atoms with E-state index in [2.05, 4.69) is 24.1 Å². The highest BCUT2D eigenvalue weighted by Gasteiger charge is 2.31. The number of fused-ring (bicyclic) bond motifs is 3. The van der Waals surface area contributed by atoms with Crippen LogP contribution < -0.4 is 0 Å². The largest absolute Gasteiger partial charge is 0.481 e. The number of benzene rings is 1. The molecular weight excluding hydrogens is 325 g/mol. The Morgan fingerprint density at radius 2 is 2.33 bits per heavy atom. The Kier molecular flexibility index (Phi) is 4.81. The molecular formula is C19H20FNO2S. The number of aryl methyl sites for hydroxylation is 1. The molecule has 0 aliphatic carbocycles. The minimum atomic E-state index is -0.797. The molecule has 1 N–H and O–H groups in total. The van der Waals surface area contributed by atoms with Crippen molar-refractivity contribution in [1.82, 2.24) is 4.57 Å². The van der Waals surface area contributed by atoms with Crippen molar-refractivity contribution in [2.24, 2.45) is 0 Å². The molecule has 0 saturated heterocycles. The van der Waals surface area contributed by atoms with E-state index in [1.54, 1.807) is 23.9 Å². The van der Waals surface area contributed by atoms with Crippen LogP contribution in [0.15, 0.2) is 35.1 Å². The molecule has 1 aliphatic rings. The summed E-state index contributed by atoms with van der Waals surface area (Å²) < 4.78 is 16.1. The molecule has 1 unspecified atom stereocenters. The molecule has 2 heterocycles. The topological polar surface area (TPSA) is 42.2 Å². The van der Waals surface area contributed by atoms with Crippen molar-refractivity contribution in [2.75, 3.05) is 0 Å². The Morgan fingerprint density at radius 3 is 3.00 bits per heavy atom. The molecule has 3 rings (SSSR count). The van der Waals surface area contributed by atoms with E-state index in [1.807, 2.05) is 5.41 Å². The molecule has 0 radical (unpaired) electrons. The van der Waals surface area contributed by atoms with Gasteiger partial charge in [-0.05, 0) is 35.9 Å². The van der Waals surface area contributed by atoms with Crippen molar-refractivity contribution in [3.8, 4) is 0 Å². The fraction of sp³-hybridized carbons (Fsp3) is 0.316. The number of thioether (sulfide) groups is 1. The van der Waals surface area contributed by atoms with Crippen LogP contribution in [-0.2, 0) is 11.3 Å². The van der Waals surface area contributed by atoms with Gasteiger partial charge in [0.2, 0.25) is 0 Å². The monoisotopic (exact) mass is 345 g/mol. The summed E-state index contributed by atoms with van der Waals surface area (Å²) >= 11 is 1.59. The second-order valence-corrected chi connectivity index (χ2v) is 6.86. The van der Waals surface area contributed by atoms with Crippen LogP contribution in [0.25, 0.3) is 17.0 Å². The van der Waals surface area contributed by atoms with E-state index in [1.165, 1.54) is 6.07 Å². The molecule has 24 heavy (non-hydrogen) atoms. The van der Waals surface area contributed by atoms with Crippen LogP contribution in [0, 0.1) is 5.82 Å². The Balaban J connectivity index is 2.24. The van der Waals surface area contributed by atoms with Crippen molar-refractivity contribution in [3.05, 3.63) is 47.3 Å². The summed E-state index contributed by atoms with van der Waals surface area (Å²) in [6.07, 6.45) is 5.55. The fourth-order valence-corrected chi connectivity index (χ4v) is 4.59. The molecule has 0 spiro atoms. The average Bonchev–Trinajstić information content (AvgIpc) is 3.06. The normalized spacial score (nSPS) is 16.8. The van der Waals surface area contributed by atoms with Crippen LogP contribution in [0.5, 0.6) is 0 Å². The highest BCUT2D eigenvalue weighted by Crippen LogP contribution is 2.46. The summed E-state index contributed by atoms with van der Waals surface area (Å²) in [6, 6.07) is 3.04. The standard InChI is InChI=1S/C19H20FNO2S/c1-3-5-8-24-19-17-12(4-2)9-14(20)11-15(17)21-7-6-13(18(19)21)10-16(22)23/h4-5,8-9,11,13H,2-3,6-7,10H2,1H3,(H,22,23)/b8-5+. The number of aliphatic carboxylic acids is 1. The number of hydrogen-bond acceptors (Lipinski definition) is 2. The second kappa shape index (κ2) is 6.85. The van der Waals surface area contributed by atoms with Crippen LogP contribution in [-0.4, -0.2) is 15.6 Å². The van der Waals surface area contributed by atoms with Crippen molar-refractivity contribution >= 4 is 34.7 Å². The van der Waals surface area contributed by atoms with E-state index in [-0.39, 0.29) is 18.2 Å². The number of carbonyl (C=O) groups is 1. The molecule has 5 heteroatoms. The van der Waals surface area contributed by atoms with Gasteiger partial charge in [0.1, 0.15) is 5.82 Å². The van der Waals surface area contributed by atoms with E-state index >= 15 is 0 Å². The Morgan fingerprint density at radius 1 is 1.54 bits per heavy atom. The summed E-state index contributed by atoms with van der Waals surface area (Å²) in [4.78, 5) is 12.3. The zero-order chi connectivity index (χ0) is 17.3. The lowest BCUT2D eigenvalue weighted by Crippen LogP contribution is -2.04. The SMILES string of the molecule is C=Cc1cc(F)cc2c1c(S/C=C/CC)c1n2CCC1CC(=O)O. The number of allylic oxidation sites excluding steroid dienone is 1. The average molecular weight is 345 g/mol. The van der Waals surface area contributed by atoms with Crippen LogP contribution in [0.1, 0.15) is 43.4 Å². The third kappa shape index (κ3) is 2.88. The first kappa shape index (κ1) is 16.8. The number of halogens is 1. The minimum Gasteiger partial charge on any atom is -0.481 e. The molecule has 1 atom stereocenters. The second-order valence-electron chi connectivity index (χ2n) is 5.94. The van der Waals surface area contributed by atoms with Gasteiger partial charge in [0, 0.05) is 28.4 Å². The Hall–Kier alpha value is -2.01. The summed E-state index contributed by atoms with van der Waals surface area (Å²) in [6.45, 7) is 6.60. The summed E-state index contributed by atoms with van der Waals surface area (Å²) in [5.41, 5.74) is 2.61. The molecule has 1 aromatic carbocycles. The summed E-state index contributed by atoms with van der Waals surface area (Å²) in [7, 11) is 0. The Labute approximate surface area is 144 Å². The lowest BCUT2D eigenvalue weighted by atomic mass is 9.99. The first-order chi connectivity index (χ1) is 11.6. The number of nitrogens with zero attached hydrogens (tertiary/aromatic N) is 1. The zero-order valence-electron chi connectivity index (χ0n) is 13.6. The molecule has 0 bridgehead atoms. The molecule has 2 aromatic rings. The highest BCUT2D eigenvalue weighted by molar-refractivity contribution is 8.02. The van der Waals surface area contributed by atoms with Gasteiger partial charge in [-0.25, -0.2) is 4.39 Å². The van der Waals surface area contributed by atoms with E-state index in [0.717, 1.165) is 46.4 Å². The molecule has 1 aromatic heterocycles. The fourth-order valence-electron chi connectivity index (χ4n) is 3.42. The van der Waals surface area contributed by atoms with E-state index < -0.39 is 5.97 Å².